The Morgan fingerprint density at radius 1 is 1.35 bits per heavy atom. The third-order valence-corrected chi connectivity index (χ3v) is 3.39. The van der Waals surface area contributed by atoms with Crippen molar-refractivity contribution in [1.82, 2.24) is 10.4 Å². The van der Waals surface area contributed by atoms with Gasteiger partial charge in [-0.05, 0) is 50.7 Å². The van der Waals surface area contributed by atoms with E-state index >= 15 is 0 Å². The largest absolute Gasteiger partial charge is 0.271 e. The van der Waals surface area contributed by atoms with Crippen molar-refractivity contribution < 1.29 is 0 Å². The van der Waals surface area contributed by atoms with Crippen LogP contribution in [0.5, 0.6) is 0 Å². The van der Waals surface area contributed by atoms with Gasteiger partial charge in [-0.15, -0.1) is 0 Å². The second-order valence-corrected chi connectivity index (χ2v) is 4.84. The lowest BCUT2D eigenvalue weighted by molar-refractivity contribution is 0.553. The van der Waals surface area contributed by atoms with Crippen molar-refractivity contribution in [3.63, 3.8) is 0 Å². The molecule has 0 aliphatic heterocycles. The Bertz CT molecular complexity index is 423. The van der Waals surface area contributed by atoms with Crippen LogP contribution in [0.4, 0.5) is 0 Å². The van der Waals surface area contributed by atoms with Gasteiger partial charge in [0, 0.05) is 6.20 Å². The maximum Gasteiger partial charge on any atom is 0.0844 e. The summed E-state index contributed by atoms with van der Waals surface area (Å²) >= 11 is 0. The van der Waals surface area contributed by atoms with E-state index in [0.717, 1.165) is 12.1 Å². The van der Waals surface area contributed by atoms with Crippen LogP contribution in [0.1, 0.15) is 48.5 Å². The molecule has 0 amide bonds. The highest BCUT2D eigenvalue weighted by Crippen LogP contribution is 2.29. The molecule has 92 valence electrons. The maximum atomic E-state index is 5.71. The fourth-order valence-corrected chi connectivity index (χ4v) is 2.51. The van der Waals surface area contributed by atoms with E-state index < -0.39 is 0 Å². The smallest absolute Gasteiger partial charge is 0.0844 e. The Labute approximate surface area is 103 Å². The first-order chi connectivity index (χ1) is 8.22. The van der Waals surface area contributed by atoms with E-state index in [4.69, 9.17) is 5.84 Å². The van der Waals surface area contributed by atoms with Crippen molar-refractivity contribution in [2.24, 2.45) is 5.84 Å². The second kappa shape index (κ2) is 5.43. The monoisotopic (exact) mass is 231 g/mol. The summed E-state index contributed by atoms with van der Waals surface area (Å²) in [6, 6.07) is 2.24. The minimum atomic E-state index is 0.0795. The van der Waals surface area contributed by atoms with Crippen LogP contribution in [0, 0.1) is 13.8 Å². The van der Waals surface area contributed by atoms with Crippen molar-refractivity contribution >= 4 is 0 Å². The molecule has 0 saturated heterocycles. The first-order valence-electron chi connectivity index (χ1n) is 6.30. The first kappa shape index (κ1) is 12.3. The van der Waals surface area contributed by atoms with Gasteiger partial charge in [0.05, 0.1) is 11.7 Å². The quantitative estimate of drug-likeness (QED) is 0.478. The van der Waals surface area contributed by atoms with Gasteiger partial charge in [-0.25, -0.2) is 5.43 Å². The lowest BCUT2D eigenvalue weighted by atomic mass is 9.91. The van der Waals surface area contributed by atoms with E-state index in [0.29, 0.717) is 0 Å². The Kier molecular flexibility index (Phi) is 3.92. The number of nitrogens with two attached hydrogens (primary N) is 1. The summed E-state index contributed by atoms with van der Waals surface area (Å²) in [5.41, 5.74) is 7.77. The molecule has 0 spiro atoms. The summed E-state index contributed by atoms with van der Waals surface area (Å²) in [5, 5.41) is 0. The minimum Gasteiger partial charge on any atom is -0.271 e. The Morgan fingerprint density at radius 3 is 2.76 bits per heavy atom. The summed E-state index contributed by atoms with van der Waals surface area (Å²) in [7, 11) is 0. The molecule has 17 heavy (non-hydrogen) atoms. The van der Waals surface area contributed by atoms with Crippen LogP contribution in [0.25, 0.3) is 0 Å². The Morgan fingerprint density at radius 2 is 2.18 bits per heavy atom. The van der Waals surface area contributed by atoms with E-state index in [1.165, 1.54) is 36.0 Å². The second-order valence-electron chi connectivity index (χ2n) is 4.84. The van der Waals surface area contributed by atoms with Gasteiger partial charge in [-0.3, -0.25) is 10.8 Å². The predicted molar refractivity (Wildman–Crippen MR) is 70.3 cm³/mol. The molecule has 0 fully saturated rings. The average molecular weight is 231 g/mol. The van der Waals surface area contributed by atoms with Crippen LogP contribution < -0.4 is 11.3 Å². The van der Waals surface area contributed by atoms with Crippen molar-refractivity contribution in [3.05, 3.63) is 40.7 Å². The fourth-order valence-electron chi connectivity index (χ4n) is 2.51. The van der Waals surface area contributed by atoms with Crippen molar-refractivity contribution in [3.8, 4) is 0 Å². The van der Waals surface area contributed by atoms with Gasteiger partial charge < -0.3 is 0 Å². The molecule has 1 unspecified atom stereocenters. The highest BCUT2D eigenvalue weighted by Gasteiger charge is 2.19. The van der Waals surface area contributed by atoms with Crippen LogP contribution in [0.3, 0.4) is 0 Å². The third kappa shape index (κ3) is 2.73. The van der Waals surface area contributed by atoms with E-state index in [1.807, 2.05) is 6.20 Å². The van der Waals surface area contributed by atoms with Gasteiger partial charge >= 0.3 is 0 Å². The van der Waals surface area contributed by atoms with Gasteiger partial charge in [-0.2, -0.15) is 0 Å². The van der Waals surface area contributed by atoms with Crippen LogP contribution in [0.2, 0.25) is 0 Å². The third-order valence-electron chi connectivity index (χ3n) is 3.39. The zero-order chi connectivity index (χ0) is 12.3. The van der Waals surface area contributed by atoms with Crippen molar-refractivity contribution in [2.75, 3.05) is 0 Å². The van der Waals surface area contributed by atoms with Crippen LogP contribution >= 0.6 is 0 Å². The molecule has 3 N–H and O–H groups in total. The zero-order valence-corrected chi connectivity index (χ0v) is 10.7. The Balaban J connectivity index is 2.31. The topological polar surface area (TPSA) is 50.9 Å². The molecule has 1 aliphatic rings. The van der Waals surface area contributed by atoms with Gasteiger partial charge in [0.15, 0.2) is 0 Å². The summed E-state index contributed by atoms with van der Waals surface area (Å²) in [6.45, 7) is 4.16. The lowest BCUT2D eigenvalue weighted by Gasteiger charge is -2.23. The van der Waals surface area contributed by atoms with Gasteiger partial charge in [-0.1, -0.05) is 17.7 Å². The first-order valence-corrected chi connectivity index (χ1v) is 6.30. The number of nitrogens with zero attached hydrogens (tertiary/aromatic N) is 1. The van der Waals surface area contributed by atoms with E-state index in [2.05, 4.69) is 36.4 Å². The van der Waals surface area contributed by atoms with E-state index in [9.17, 15) is 0 Å². The standard InChI is InChI=1S/C14H21N3/c1-10-8-11(2)13(16-9-10)14(17-15)12-6-4-3-5-7-12/h6,8-9,14,17H,3-5,7,15H2,1-2H3. The molecule has 1 aromatic heterocycles. The zero-order valence-electron chi connectivity index (χ0n) is 10.7. The molecule has 1 heterocycles. The number of hydrogen-bond donors (Lipinski definition) is 2. The Hall–Kier alpha value is -1.19. The van der Waals surface area contributed by atoms with Crippen LogP contribution in [0.15, 0.2) is 23.9 Å². The van der Waals surface area contributed by atoms with Crippen LogP contribution in [-0.2, 0) is 0 Å². The molecule has 0 aromatic carbocycles. The number of hydrazine groups is 1. The molecule has 0 radical (unpaired) electrons. The lowest BCUT2D eigenvalue weighted by Crippen LogP contribution is -2.31. The number of rotatable bonds is 3. The maximum absolute atomic E-state index is 5.71. The van der Waals surface area contributed by atoms with E-state index in [1.54, 1.807) is 0 Å². The number of aryl methyl sites for hydroxylation is 2. The summed E-state index contributed by atoms with van der Waals surface area (Å²) in [4.78, 5) is 4.54. The summed E-state index contributed by atoms with van der Waals surface area (Å²) < 4.78 is 0. The molecule has 1 atom stereocenters. The average Bonchev–Trinajstić information content (AvgIpc) is 2.34. The molecule has 0 saturated carbocycles. The SMILES string of the molecule is Cc1cnc(C(NN)C2=CCCCC2)c(C)c1. The molecule has 1 aromatic rings. The molecule has 3 nitrogen and oxygen atoms in total. The highest BCUT2D eigenvalue weighted by atomic mass is 15.2. The molecular formula is C14H21N3. The van der Waals surface area contributed by atoms with Crippen LogP contribution in [-0.4, -0.2) is 4.98 Å². The van der Waals surface area contributed by atoms with Gasteiger partial charge in [0.1, 0.15) is 0 Å². The molecule has 1 aliphatic carbocycles. The highest BCUT2D eigenvalue weighted by molar-refractivity contribution is 5.31. The number of nitrogens with one attached hydrogen (secondary N) is 1. The minimum absolute atomic E-state index is 0.0795. The summed E-state index contributed by atoms with van der Waals surface area (Å²) in [6.07, 6.45) is 9.07. The number of hydrogen-bond acceptors (Lipinski definition) is 3. The van der Waals surface area contributed by atoms with Gasteiger partial charge in [0.2, 0.25) is 0 Å². The van der Waals surface area contributed by atoms with Crippen molar-refractivity contribution in [1.29, 1.82) is 0 Å². The normalized spacial score (nSPS) is 17.7. The van der Waals surface area contributed by atoms with Gasteiger partial charge in [0.25, 0.3) is 0 Å². The molecule has 3 heteroatoms. The molecule has 2 rings (SSSR count). The summed E-state index contributed by atoms with van der Waals surface area (Å²) in [5.74, 6) is 5.71. The fraction of sp³-hybridized carbons (Fsp3) is 0.500. The number of pyridine rings is 1. The predicted octanol–water partition coefficient (Wildman–Crippen LogP) is 2.70. The van der Waals surface area contributed by atoms with E-state index in [-0.39, 0.29) is 6.04 Å². The number of aromatic nitrogens is 1. The molecular weight excluding hydrogens is 210 g/mol. The van der Waals surface area contributed by atoms with Crippen molar-refractivity contribution in [2.45, 2.75) is 45.6 Å². The number of allylic oxidation sites excluding steroid dienone is 1. The molecule has 0 bridgehead atoms.